The van der Waals surface area contributed by atoms with Crippen molar-refractivity contribution in [2.24, 2.45) is 0 Å². The average Bonchev–Trinajstić information content (AvgIpc) is 2.59. The average molecular weight is 385 g/mol. The van der Waals surface area contributed by atoms with Gasteiger partial charge in [0.1, 0.15) is 6.54 Å². The minimum absolute atomic E-state index is 0.0577. The lowest BCUT2D eigenvalue weighted by atomic mass is 10.3. The number of aromatic amines is 2. The number of ether oxygens (including phenoxy) is 2. The summed E-state index contributed by atoms with van der Waals surface area (Å²) >= 11 is 0. The van der Waals surface area contributed by atoms with Crippen LogP contribution in [0, 0.1) is 0 Å². The van der Waals surface area contributed by atoms with Gasteiger partial charge in [-0.3, -0.25) is 14.4 Å². The number of nitrogens with zero attached hydrogens (tertiary/aromatic N) is 1. The Morgan fingerprint density at radius 1 is 1.15 bits per heavy atom. The number of fused-ring (bicyclic) bond motifs is 1. The number of H-pyrrole nitrogens is 2. The Labute approximate surface area is 148 Å². The highest BCUT2D eigenvalue weighted by Crippen LogP contribution is 2.19. The fourth-order valence-corrected chi connectivity index (χ4v) is 3.63. The predicted octanol–water partition coefficient (Wildman–Crippen LogP) is -0.583. The van der Waals surface area contributed by atoms with Crippen LogP contribution in [0.15, 0.2) is 32.7 Å². The summed E-state index contributed by atoms with van der Waals surface area (Å²) in [6, 6.07) is 3.85. The highest BCUT2D eigenvalue weighted by molar-refractivity contribution is 7.89. The summed E-state index contributed by atoms with van der Waals surface area (Å²) in [6.45, 7) is 1.29. The summed E-state index contributed by atoms with van der Waals surface area (Å²) in [4.78, 5) is 39.0. The fourth-order valence-electron chi connectivity index (χ4n) is 2.23. The molecule has 2 aromatic rings. The van der Waals surface area contributed by atoms with E-state index >= 15 is 0 Å². The second kappa shape index (κ2) is 8.25. The maximum Gasteiger partial charge on any atom is 0.321 e. The van der Waals surface area contributed by atoms with Gasteiger partial charge in [0.05, 0.1) is 29.1 Å². The number of aromatic nitrogens is 2. The SMILES string of the molecule is CCOC(=O)CN(CCOC)S(=O)(=O)c1ccc2[nH]c(=O)c(=O)[nH]c2c1. The van der Waals surface area contributed by atoms with Gasteiger partial charge in [-0.25, -0.2) is 8.42 Å². The summed E-state index contributed by atoms with van der Waals surface area (Å²) in [5.41, 5.74) is -1.30. The lowest BCUT2D eigenvalue weighted by Gasteiger charge is -2.21. The van der Waals surface area contributed by atoms with Gasteiger partial charge in [-0.1, -0.05) is 0 Å². The first kappa shape index (κ1) is 19.8. The molecule has 0 bridgehead atoms. The second-order valence-corrected chi connectivity index (χ2v) is 7.19. The smallest absolute Gasteiger partial charge is 0.321 e. The molecule has 142 valence electrons. The minimum atomic E-state index is -4.06. The Morgan fingerprint density at radius 2 is 1.81 bits per heavy atom. The first-order chi connectivity index (χ1) is 12.3. The Bertz CT molecular complexity index is 1010. The van der Waals surface area contributed by atoms with Crippen molar-refractivity contribution in [1.29, 1.82) is 0 Å². The third-order valence-electron chi connectivity index (χ3n) is 3.49. The second-order valence-electron chi connectivity index (χ2n) is 5.25. The van der Waals surface area contributed by atoms with Crippen LogP contribution in [0.2, 0.25) is 0 Å². The molecule has 10 nitrogen and oxygen atoms in total. The van der Waals surface area contributed by atoms with E-state index in [1.165, 1.54) is 25.3 Å². The van der Waals surface area contributed by atoms with Gasteiger partial charge in [0.15, 0.2) is 0 Å². The van der Waals surface area contributed by atoms with E-state index in [-0.39, 0.29) is 35.7 Å². The number of hydrogen-bond acceptors (Lipinski definition) is 7. The van der Waals surface area contributed by atoms with Crippen LogP contribution in [0.5, 0.6) is 0 Å². The van der Waals surface area contributed by atoms with Gasteiger partial charge in [0.2, 0.25) is 10.0 Å². The molecule has 0 amide bonds. The van der Waals surface area contributed by atoms with Gasteiger partial charge >= 0.3 is 17.1 Å². The Balaban J connectivity index is 2.45. The van der Waals surface area contributed by atoms with Crippen LogP contribution in [0.3, 0.4) is 0 Å². The molecule has 0 radical (unpaired) electrons. The van der Waals surface area contributed by atoms with Crippen molar-refractivity contribution in [3.63, 3.8) is 0 Å². The molecule has 0 unspecified atom stereocenters. The van der Waals surface area contributed by atoms with Crippen molar-refractivity contribution in [3.05, 3.63) is 38.9 Å². The predicted molar refractivity (Wildman–Crippen MR) is 92.5 cm³/mol. The van der Waals surface area contributed by atoms with Crippen molar-refractivity contribution >= 4 is 27.0 Å². The van der Waals surface area contributed by atoms with E-state index in [9.17, 15) is 22.8 Å². The van der Waals surface area contributed by atoms with E-state index < -0.39 is 33.7 Å². The molecule has 0 atom stereocenters. The van der Waals surface area contributed by atoms with Crippen molar-refractivity contribution in [3.8, 4) is 0 Å². The zero-order valence-corrected chi connectivity index (χ0v) is 15.1. The number of hydrogen-bond donors (Lipinski definition) is 2. The first-order valence-corrected chi connectivity index (χ1v) is 9.14. The van der Waals surface area contributed by atoms with Crippen LogP contribution < -0.4 is 11.1 Å². The maximum absolute atomic E-state index is 12.9. The molecule has 26 heavy (non-hydrogen) atoms. The highest BCUT2D eigenvalue weighted by Gasteiger charge is 2.27. The monoisotopic (exact) mass is 385 g/mol. The molecule has 11 heteroatoms. The molecule has 1 heterocycles. The molecule has 0 aliphatic carbocycles. The standard InChI is InChI=1S/C15H19N3O7S/c1-3-25-13(19)9-18(6-7-24-2)26(22,23)10-4-5-11-12(8-10)17-15(21)14(20)16-11/h4-5,8H,3,6-7,9H2,1-2H3,(H,16,20)(H,17,21). The topological polar surface area (TPSA) is 139 Å². The van der Waals surface area contributed by atoms with E-state index in [0.29, 0.717) is 0 Å². The molecule has 0 saturated carbocycles. The van der Waals surface area contributed by atoms with E-state index in [2.05, 4.69) is 9.97 Å². The van der Waals surface area contributed by atoms with Gasteiger partial charge in [0.25, 0.3) is 0 Å². The molecule has 0 spiro atoms. The Kier molecular flexibility index (Phi) is 6.29. The largest absolute Gasteiger partial charge is 0.465 e. The maximum atomic E-state index is 12.9. The minimum Gasteiger partial charge on any atom is -0.465 e. The van der Waals surface area contributed by atoms with Gasteiger partial charge < -0.3 is 19.4 Å². The molecule has 2 rings (SSSR count). The van der Waals surface area contributed by atoms with Gasteiger partial charge in [-0.2, -0.15) is 4.31 Å². The normalized spacial score (nSPS) is 11.8. The van der Waals surface area contributed by atoms with E-state index in [0.717, 1.165) is 4.31 Å². The first-order valence-electron chi connectivity index (χ1n) is 7.70. The van der Waals surface area contributed by atoms with Crippen LogP contribution in [0.25, 0.3) is 11.0 Å². The Morgan fingerprint density at radius 3 is 2.42 bits per heavy atom. The molecular weight excluding hydrogens is 366 g/mol. The molecule has 0 fully saturated rings. The third-order valence-corrected chi connectivity index (χ3v) is 5.33. The van der Waals surface area contributed by atoms with Gasteiger partial charge in [0, 0.05) is 13.7 Å². The lowest BCUT2D eigenvalue weighted by molar-refractivity contribution is -0.143. The van der Waals surface area contributed by atoms with Crippen LogP contribution in [-0.2, 0) is 24.3 Å². The van der Waals surface area contributed by atoms with Crippen molar-refractivity contribution in [2.75, 3.05) is 33.4 Å². The summed E-state index contributed by atoms with van der Waals surface area (Å²) in [5, 5.41) is 0. The molecule has 0 aliphatic heterocycles. The van der Waals surface area contributed by atoms with Gasteiger partial charge in [-0.15, -0.1) is 0 Å². The molecule has 0 aliphatic rings. The number of sulfonamides is 1. The summed E-state index contributed by atoms with van der Waals surface area (Å²) in [7, 11) is -2.65. The Hall–Kier alpha value is -2.50. The van der Waals surface area contributed by atoms with E-state index in [4.69, 9.17) is 9.47 Å². The molecule has 1 aromatic carbocycles. The highest BCUT2D eigenvalue weighted by atomic mass is 32.2. The number of carbonyl (C=O) groups is 1. The number of esters is 1. The van der Waals surface area contributed by atoms with E-state index in [1.807, 2.05) is 0 Å². The third kappa shape index (κ3) is 4.36. The molecule has 2 N–H and O–H groups in total. The van der Waals surface area contributed by atoms with Gasteiger partial charge in [-0.05, 0) is 25.1 Å². The number of nitrogens with one attached hydrogen (secondary N) is 2. The quantitative estimate of drug-likeness (QED) is 0.458. The zero-order valence-electron chi connectivity index (χ0n) is 14.3. The molecular formula is C15H19N3O7S. The van der Waals surface area contributed by atoms with Crippen LogP contribution >= 0.6 is 0 Å². The van der Waals surface area contributed by atoms with E-state index in [1.54, 1.807) is 6.92 Å². The van der Waals surface area contributed by atoms with Crippen LogP contribution in [-0.4, -0.2) is 62.1 Å². The van der Waals surface area contributed by atoms with Crippen molar-refractivity contribution < 1.29 is 22.7 Å². The molecule has 1 aromatic heterocycles. The number of carbonyl (C=O) groups excluding carboxylic acids is 1. The summed E-state index contributed by atoms with van der Waals surface area (Å²) in [6.07, 6.45) is 0. The molecule has 0 saturated heterocycles. The van der Waals surface area contributed by atoms with Crippen molar-refractivity contribution in [2.45, 2.75) is 11.8 Å². The fraction of sp³-hybridized carbons (Fsp3) is 0.400. The number of methoxy groups -OCH3 is 1. The van der Waals surface area contributed by atoms with Crippen molar-refractivity contribution in [1.82, 2.24) is 14.3 Å². The van der Waals surface area contributed by atoms with Crippen LogP contribution in [0.1, 0.15) is 6.92 Å². The number of benzene rings is 1. The summed E-state index contributed by atoms with van der Waals surface area (Å²) in [5.74, 6) is -0.689. The number of rotatable bonds is 8. The summed E-state index contributed by atoms with van der Waals surface area (Å²) < 4.78 is 36.4. The van der Waals surface area contributed by atoms with Crippen LogP contribution in [0.4, 0.5) is 0 Å². The lowest BCUT2D eigenvalue weighted by Crippen LogP contribution is -2.38. The zero-order chi connectivity index (χ0) is 19.3.